The summed E-state index contributed by atoms with van der Waals surface area (Å²) in [5.41, 5.74) is 0.783. The second-order valence-corrected chi connectivity index (χ2v) is 4.15. The Bertz CT molecular complexity index is 455. The molecule has 0 fully saturated rings. The van der Waals surface area contributed by atoms with Crippen LogP contribution in [0.15, 0.2) is 29.8 Å². The Hall–Kier alpha value is -1.89. The predicted molar refractivity (Wildman–Crippen MR) is 74.3 cm³/mol. The molecule has 0 heterocycles. The molecule has 110 valence electrons. The number of rotatable bonds is 8. The van der Waals surface area contributed by atoms with E-state index in [0.717, 1.165) is 0 Å². The Kier molecular flexibility index (Phi) is 6.72. The van der Waals surface area contributed by atoms with E-state index in [2.05, 4.69) is 5.32 Å². The third-order valence-electron chi connectivity index (χ3n) is 2.64. The lowest BCUT2D eigenvalue weighted by Crippen LogP contribution is -2.32. The van der Waals surface area contributed by atoms with E-state index in [1.54, 1.807) is 31.4 Å². The molecule has 0 aliphatic rings. The number of methoxy groups -OCH3 is 1. The van der Waals surface area contributed by atoms with Gasteiger partial charge in [-0.05, 0) is 23.8 Å². The Morgan fingerprint density at radius 3 is 2.55 bits per heavy atom. The van der Waals surface area contributed by atoms with Crippen molar-refractivity contribution in [2.45, 2.75) is 12.6 Å². The van der Waals surface area contributed by atoms with Gasteiger partial charge in [-0.1, -0.05) is 12.1 Å². The highest BCUT2D eigenvalue weighted by atomic mass is 16.5. The van der Waals surface area contributed by atoms with Crippen LogP contribution in [0.3, 0.4) is 0 Å². The largest absolute Gasteiger partial charge is 0.497 e. The number of aliphatic hydroxyl groups excluding tert-OH is 2. The van der Waals surface area contributed by atoms with Crippen molar-refractivity contribution < 1.29 is 24.9 Å². The number of benzene rings is 1. The summed E-state index contributed by atoms with van der Waals surface area (Å²) >= 11 is 0. The second-order valence-electron chi connectivity index (χ2n) is 4.15. The van der Waals surface area contributed by atoms with E-state index in [0.29, 0.717) is 11.3 Å². The van der Waals surface area contributed by atoms with Crippen molar-refractivity contribution in [3.63, 3.8) is 0 Å². The predicted octanol–water partition coefficient (Wildman–Crippen LogP) is 0.454. The van der Waals surface area contributed by atoms with E-state index >= 15 is 0 Å². The van der Waals surface area contributed by atoms with E-state index in [9.17, 15) is 9.90 Å². The molecule has 20 heavy (non-hydrogen) atoms. The van der Waals surface area contributed by atoms with Gasteiger partial charge >= 0.3 is 5.97 Å². The van der Waals surface area contributed by atoms with E-state index < -0.39 is 12.2 Å². The van der Waals surface area contributed by atoms with Crippen LogP contribution in [0.4, 0.5) is 0 Å². The van der Waals surface area contributed by atoms with Gasteiger partial charge in [0.05, 0.1) is 13.7 Å². The van der Waals surface area contributed by atoms with Crippen LogP contribution in [0.2, 0.25) is 0 Å². The van der Waals surface area contributed by atoms with Crippen LogP contribution in [-0.4, -0.2) is 47.8 Å². The zero-order valence-electron chi connectivity index (χ0n) is 11.2. The maximum absolute atomic E-state index is 11.2. The van der Waals surface area contributed by atoms with Gasteiger partial charge in [0, 0.05) is 18.5 Å². The van der Waals surface area contributed by atoms with Gasteiger partial charge in [0.2, 0.25) is 0 Å². The molecule has 0 amide bonds. The number of hydrogen-bond donors (Lipinski definition) is 4. The van der Waals surface area contributed by atoms with Crippen molar-refractivity contribution in [3.8, 4) is 5.75 Å². The summed E-state index contributed by atoms with van der Waals surface area (Å²) in [6, 6.07) is 6.92. The minimum atomic E-state index is -1.09. The van der Waals surface area contributed by atoms with Crippen molar-refractivity contribution in [2.75, 3.05) is 20.3 Å². The summed E-state index contributed by atoms with van der Waals surface area (Å²) in [5, 5.41) is 30.0. The SMILES string of the molecule is COc1ccc(/C=C(/CC(O)NCCO)C(=O)O)cc1. The molecular formula is C14H19NO5. The maximum atomic E-state index is 11.2. The average molecular weight is 281 g/mol. The molecule has 0 bridgehead atoms. The molecule has 0 aliphatic carbocycles. The summed E-state index contributed by atoms with van der Waals surface area (Å²) in [6.45, 7) is 0.0816. The Balaban J connectivity index is 2.78. The van der Waals surface area contributed by atoms with Gasteiger partial charge in [-0.15, -0.1) is 0 Å². The minimum Gasteiger partial charge on any atom is -0.497 e. The first-order valence-corrected chi connectivity index (χ1v) is 6.17. The molecule has 0 saturated heterocycles. The number of ether oxygens (including phenoxy) is 1. The van der Waals surface area contributed by atoms with Crippen LogP contribution in [0.25, 0.3) is 6.08 Å². The first-order chi connectivity index (χ1) is 9.56. The van der Waals surface area contributed by atoms with Gasteiger partial charge < -0.3 is 20.1 Å². The number of nitrogens with one attached hydrogen (secondary N) is 1. The molecule has 1 rings (SSSR count). The van der Waals surface area contributed by atoms with Crippen LogP contribution in [0.5, 0.6) is 5.75 Å². The van der Waals surface area contributed by atoms with Crippen LogP contribution >= 0.6 is 0 Å². The lowest BCUT2D eigenvalue weighted by molar-refractivity contribution is -0.133. The molecule has 4 N–H and O–H groups in total. The van der Waals surface area contributed by atoms with E-state index in [4.69, 9.17) is 14.9 Å². The summed E-state index contributed by atoms with van der Waals surface area (Å²) in [7, 11) is 1.55. The van der Waals surface area contributed by atoms with Crippen molar-refractivity contribution >= 4 is 12.0 Å². The average Bonchev–Trinajstić information content (AvgIpc) is 2.45. The number of hydrogen-bond acceptors (Lipinski definition) is 5. The molecule has 0 spiro atoms. The second kappa shape index (κ2) is 8.31. The lowest BCUT2D eigenvalue weighted by Gasteiger charge is -2.12. The van der Waals surface area contributed by atoms with Crippen molar-refractivity contribution in [3.05, 3.63) is 35.4 Å². The highest BCUT2D eigenvalue weighted by Gasteiger charge is 2.13. The van der Waals surface area contributed by atoms with E-state index in [1.165, 1.54) is 6.08 Å². The Labute approximate surface area is 117 Å². The summed E-state index contributed by atoms with van der Waals surface area (Å²) < 4.78 is 5.02. The summed E-state index contributed by atoms with van der Waals surface area (Å²) in [5.74, 6) is -0.408. The summed E-state index contributed by atoms with van der Waals surface area (Å²) in [6.07, 6.45) is 0.426. The zero-order valence-corrected chi connectivity index (χ0v) is 11.2. The summed E-state index contributed by atoms with van der Waals surface area (Å²) in [4.78, 5) is 11.2. The van der Waals surface area contributed by atoms with E-state index in [1.807, 2.05) is 0 Å². The molecule has 6 nitrogen and oxygen atoms in total. The normalized spacial score (nSPS) is 13.1. The number of carboxylic acids is 1. The van der Waals surface area contributed by atoms with Gasteiger partial charge in [-0.2, -0.15) is 0 Å². The van der Waals surface area contributed by atoms with Gasteiger partial charge in [-0.3, -0.25) is 5.32 Å². The molecular weight excluding hydrogens is 262 g/mol. The third kappa shape index (κ3) is 5.40. The van der Waals surface area contributed by atoms with Crippen LogP contribution < -0.4 is 10.1 Å². The Morgan fingerprint density at radius 2 is 2.05 bits per heavy atom. The molecule has 0 saturated carbocycles. The number of carbonyl (C=O) groups is 1. The fourth-order valence-corrected chi connectivity index (χ4v) is 1.62. The number of aliphatic carboxylic acids is 1. The monoisotopic (exact) mass is 281 g/mol. The molecule has 1 aromatic rings. The van der Waals surface area contributed by atoms with Crippen LogP contribution in [-0.2, 0) is 4.79 Å². The molecule has 0 aromatic heterocycles. The molecule has 0 radical (unpaired) electrons. The Morgan fingerprint density at radius 1 is 1.40 bits per heavy atom. The van der Waals surface area contributed by atoms with Crippen molar-refractivity contribution in [2.24, 2.45) is 0 Å². The zero-order chi connectivity index (χ0) is 15.0. The molecule has 0 aliphatic heterocycles. The first-order valence-electron chi connectivity index (χ1n) is 6.17. The molecule has 1 unspecified atom stereocenters. The lowest BCUT2D eigenvalue weighted by atomic mass is 10.1. The van der Waals surface area contributed by atoms with Gasteiger partial charge in [0.15, 0.2) is 0 Å². The standard InChI is InChI=1S/C14H19NO5/c1-20-12-4-2-10(3-5-12)8-11(14(18)19)9-13(17)15-6-7-16/h2-5,8,13,15-17H,6-7,9H2,1H3,(H,18,19)/b11-8-. The highest BCUT2D eigenvalue weighted by molar-refractivity contribution is 5.92. The van der Waals surface area contributed by atoms with Crippen molar-refractivity contribution in [1.29, 1.82) is 0 Å². The topological polar surface area (TPSA) is 99.0 Å². The van der Waals surface area contributed by atoms with Gasteiger partial charge in [-0.25, -0.2) is 4.79 Å². The van der Waals surface area contributed by atoms with Crippen LogP contribution in [0.1, 0.15) is 12.0 Å². The quantitative estimate of drug-likeness (QED) is 0.408. The van der Waals surface area contributed by atoms with Gasteiger partial charge in [0.25, 0.3) is 0 Å². The van der Waals surface area contributed by atoms with Crippen molar-refractivity contribution in [1.82, 2.24) is 5.32 Å². The number of aliphatic hydroxyl groups is 2. The smallest absolute Gasteiger partial charge is 0.331 e. The fraction of sp³-hybridized carbons (Fsp3) is 0.357. The minimum absolute atomic E-state index is 0.0542. The highest BCUT2D eigenvalue weighted by Crippen LogP contribution is 2.16. The fourth-order valence-electron chi connectivity index (χ4n) is 1.62. The molecule has 6 heteroatoms. The molecule has 1 atom stereocenters. The van der Waals surface area contributed by atoms with E-state index in [-0.39, 0.29) is 25.1 Å². The van der Waals surface area contributed by atoms with Crippen LogP contribution in [0, 0.1) is 0 Å². The number of carboxylic acid groups (broad SMARTS) is 1. The van der Waals surface area contributed by atoms with Gasteiger partial charge in [0.1, 0.15) is 12.0 Å². The molecule has 1 aromatic carbocycles. The first kappa shape index (κ1) is 16.2. The maximum Gasteiger partial charge on any atom is 0.331 e. The third-order valence-corrected chi connectivity index (χ3v) is 2.64.